The maximum absolute atomic E-state index is 12.3. The highest BCUT2D eigenvalue weighted by Crippen LogP contribution is 2.13. The van der Waals surface area contributed by atoms with Crippen LogP contribution in [0.1, 0.15) is 38.0 Å². The zero-order valence-electron chi connectivity index (χ0n) is 16.3. The van der Waals surface area contributed by atoms with Gasteiger partial charge in [0.1, 0.15) is 5.75 Å². The first-order valence-corrected chi connectivity index (χ1v) is 9.37. The van der Waals surface area contributed by atoms with Gasteiger partial charge in [-0.15, -0.1) is 0 Å². The fourth-order valence-corrected chi connectivity index (χ4v) is 2.65. The van der Waals surface area contributed by atoms with E-state index in [1.165, 1.54) is 0 Å². The molecule has 0 aliphatic carbocycles. The highest BCUT2D eigenvalue weighted by atomic mass is 16.5. The van der Waals surface area contributed by atoms with E-state index in [0.29, 0.717) is 34.7 Å². The Morgan fingerprint density at radius 2 is 1.30 bits per heavy atom. The second-order valence-electron chi connectivity index (χ2n) is 6.27. The van der Waals surface area contributed by atoms with Crippen molar-refractivity contribution in [3.63, 3.8) is 0 Å². The first-order valence-electron chi connectivity index (χ1n) is 9.37. The molecule has 0 aromatic heterocycles. The van der Waals surface area contributed by atoms with E-state index in [-0.39, 0.29) is 5.91 Å². The minimum absolute atomic E-state index is 0.241. The standard InChI is InChI=1S/C23H21N3O4/c1-2-30-20-10-6-9-18(15-20)23(29)26-25-22(28)17-11-13-19(14-12-17)24-21(27)16-7-4-3-5-8-16/h3-15H,2H2,1H3,(H,24,27)(H,25,28)(H,26,29). The summed E-state index contributed by atoms with van der Waals surface area (Å²) in [4.78, 5) is 36.6. The summed E-state index contributed by atoms with van der Waals surface area (Å²) < 4.78 is 5.36. The molecule has 0 unspecified atom stereocenters. The predicted octanol–water partition coefficient (Wildman–Crippen LogP) is 3.41. The number of hydrogen-bond donors (Lipinski definition) is 3. The minimum atomic E-state index is -0.481. The van der Waals surface area contributed by atoms with Gasteiger partial charge in [0.2, 0.25) is 0 Å². The van der Waals surface area contributed by atoms with Crippen molar-refractivity contribution in [2.24, 2.45) is 0 Å². The number of carbonyl (C=O) groups excluding carboxylic acids is 3. The summed E-state index contributed by atoms with van der Waals surface area (Å²) >= 11 is 0. The zero-order chi connectivity index (χ0) is 21.3. The molecule has 0 fully saturated rings. The average Bonchev–Trinajstić information content (AvgIpc) is 2.78. The molecule has 3 aromatic rings. The van der Waals surface area contributed by atoms with Crippen LogP contribution in [0.25, 0.3) is 0 Å². The van der Waals surface area contributed by atoms with Gasteiger partial charge in [-0.25, -0.2) is 0 Å². The minimum Gasteiger partial charge on any atom is -0.494 e. The highest BCUT2D eigenvalue weighted by molar-refractivity contribution is 6.04. The Bertz CT molecular complexity index is 1030. The number of hydrazine groups is 1. The Balaban J connectivity index is 1.55. The van der Waals surface area contributed by atoms with Crippen LogP contribution in [-0.2, 0) is 0 Å². The maximum atomic E-state index is 12.3. The first kappa shape index (κ1) is 20.6. The number of ether oxygens (including phenoxy) is 1. The third-order valence-corrected chi connectivity index (χ3v) is 4.14. The van der Waals surface area contributed by atoms with E-state index in [4.69, 9.17) is 4.74 Å². The zero-order valence-corrected chi connectivity index (χ0v) is 16.3. The molecular weight excluding hydrogens is 382 g/mol. The summed E-state index contributed by atoms with van der Waals surface area (Å²) in [5.74, 6) is -0.610. The third-order valence-electron chi connectivity index (χ3n) is 4.14. The van der Waals surface area contributed by atoms with Crippen molar-refractivity contribution in [2.45, 2.75) is 6.92 Å². The van der Waals surface area contributed by atoms with E-state index >= 15 is 0 Å². The summed E-state index contributed by atoms with van der Waals surface area (Å²) in [5, 5.41) is 2.76. The van der Waals surface area contributed by atoms with Crippen molar-refractivity contribution < 1.29 is 19.1 Å². The molecule has 7 nitrogen and oxygen atoms in total. The Kier molecular flexibility index (Phi) is 6.78. The van der Waals surface area contributed by atoms with Crippen LogP contribution in [0.3, 0.4) is 0 Å². The second kappa shape index (κ2) is 9.88. The summed E-state index contributed by atoms with van der Waals surface area (Å²) in [6, 6.07) is 21.8. The molecule has 3 N–H and O–H groups in total. The molecule has 7 heteroatoms. The Labute approximate surface area is 174 Å². The smallest absolute Gasteiger partial charge is 0.269 e. The van der Waals surface area contributed by atoms with Crippen LogP contribution in [0.5, 0.6) is 5.75 Å². The Morgan fingerprint density at radius 1 is 0.700 bits per heavy atom. The van der Waals surface area contributed by atoms with Crippen molar-refractivity contribution in [3.8, 4) is 5.75 Å². The number of rotatable bonds is 6. The molecule has 3 amide bonds. The highest BCUT2D eigenvalue weighted by Gasteiger charge is 2.11. The van der Waals surface area contributed by atoms with Crippen LogP contribution in [0.4, 0.5) is 5.69 Å². The van der Waals surface area contributed by atoms with Gasteiger partial charge in [-0.3, -0.25) is 25.2 Å². The number of anilines is 1. The number of nitrogens with one attached hydrogen (secondary N) is 3. The van der Waals surface area contributed by atoms with E-state index in [9.17, 15) is 14.4 Å². The lowest BCUT2D eigenvalue weighted by molar-refractivity contribution is 0.0846. The van der Waals surface area contributed by atoms with Crippen LogP contribution in [0.15, 0.2) is 78.9 Å². The Hall–Kier alpha value is -4.13. The van der Waals surface area contributed by atoms with Crippen LogP contribution >= 0.6 is 0 Å². The monoisotopic (exact) mass is 403 g/mol. The molecule has 30 heavy (non-hydrogen) atoms. The fraction of sp³-hybridized carbons (Fsp3) is 0.0870. The van der Waals surface area contributed by atoms with Crippen molar-refractivity contribution in [3.05, 3.63) is 95.6 Å². The van der Waals surface area contributed by atoms with Crippen LogP contribution < -0.4 is 20.9 Å². The number of hydrogen-bond acceptors (Lipinski definition) is 4. The molecule has 3 aromatic carbocycles. The molecule has 0 spiro atoms. The van der Waals surface area contributed by atoms with Gasteiger partial charge in [0, 0.05) is 22.4 Å². The topological polar surface area (TPSA) is 96.5 Å². The molecule has 0 heterocycles. The SMILES string of the molecule is CCOc1cccc(C(=O)NNC(=O)c2ccc(NC(=O)c3ccccc3)cc2)c1. The first-order chi connectivity index (χ1) is 14.6. The molecule has 0 atom stereocenters. The van der Waals surface area contributed by atoms with E-state index in [2.05, 4.69) is 16.2 Å². The molecule has 152 valence electrons. The predicted molar refractivity (Wildman–Crippen MR) is 113 cm³/mol. The summed E-state index contributed by atoms with van der Waals surface area (Å²) in [7, 11) is 0. The largest absolute Gasteiger partial charge is 0.494 e. The van der Waals surface area contributed by atoms with Crippen molar-refractivity contribution in [1.29, 1.82) is 0 Å². The van der Waals surface area contributed by atoms with E-state index in [1.54, 1.807) is 72.8 Å². The van der Waals surface area contributed by atoms with Gasteiger partial charge in [0.15, 0.2) is 0 Å². The summed E-state index contributed by atoms with van der Waals surface area (Å²) in [6.07, 6.45) is 0. The lowest BCUT2D eigenvalue weighted by Gasteiger charge is -2.10. The van der Waals surface area contributed by atoms with Gasteiger partial charge in [-0.1, -0.05) is 24.3 Å². The van der Waals surface area contributed by atoms with Crippen LogP contribution in [0.2, 0.25) is 0 Å². The molecule has 0 aliphatic rings. The van der Waals surface area contributed by atoms with Gasteiger partial charge in [-0.05, 0) is 61.5 Å². The van der Waals surface area contributed by atoms with Gasteiger partial charge in [0.05, 0.1) is 6.61 Å². The van der Waals surface area contributed by atoms with E-state index < -0.39 is 11.8 Å². The molecule has 0 bridgehead atoms. The van der Waals surface area contributed by atoms with Gasteiger partial charge >= 0.3 is 0 Å². The third kappa shape index (κ3) is 5.45. The van der Waals surface area contributed by atoms with Crippen molar-refractivity contribution in [2.75, 3.05) is 11.9 Å². The lowest BCUT2D eigenvalue weighted by atomic mass is 10.1. The average molecular weight is 403 g/mol. The maximum Gasteiger partial charge on any atom is 0.269 e. The second-order valence-corrected chi connectivity index (χ2v) is 6.27. The fourth-order valence-electron chi connectivity index (χ4n) is 2.65. The lowest BCUT2D eigenvalue weighted by Crippen LogP contribution is -2.41. The van der Waals surface area contributed by atoms with Gasteiger partial charge < -0.3 is 10.1 Å². The quantitative estimate of drug-likeness (QED) is 0.550. The van der Waals surface area contributed by atoms with Crippen LogP contribution in [-0.4, -0.2) is 24.3 Å². The number of benzene rings is 3. The Morgan fingerprint density at radius 3 is 1.97 bits per heavy atom. The molecule has 3 rings (SSSR count). The van der Waals surface area contributed by atoms with E-state index in [0.717, 1.165) is 0 Å². The number of carbonyl (C=O) groups is 3. The molecule has 0 radical (unpaired) electrons. The molecule has 0 saturated heterocycles. The van der Waals surface area contributed by atoms with Gasteiger partial charge in [0.25, 0.3) is 17.7 Å². The summed E-state index contributed by atoms with van der Waals surface area (Å²) in [5.41, 5.74) is 6.52. The van der Waals surface area contributed by atoms with Crippen LogP contribution in [0, 0.1) is 0 Å². The molecular formula is C23H21N3O4. The normalized spacial score (nSPS) is 10.0. The van der Waals surface area contributed by atoms with Crippen molar-refractivity contribution in [1.82, 2.24) is 10.9 Å². The summed E-state index contributed by atoms with van der Waals surface area (Å²) in [6.45, 7) is 2.34. The van der Waals surface area contributed by atoms with Crippen molar-refractivity contribution >= 4 is 23.4 Å². The number of amides is 3. The van der Waals surface area contributed by atoms with E-state index in [1.807, 2.05) is 13.0 Å². The molecule has 0 aliphatic heterocycles. The molecule has 0 saturated carbocycles. The van der Waals surface area contributed by atoms with Gasteiger partial charge in [-0.2, -0.15) is 0 Å².